The average molecular weight is 235 g/mol. The number of aryl methyl sites for hydroxylation is 1. The molecule has 0 aliphatic rings. The maximum atomic E-state index is 10.7. The smallest absolute Gasteiger partial charge is 0.305 e. The van der Waals surface area contributed by atoms with E-state index in [4.69, 9.17) is 5.11 Å². The molecule has 1 aromatic carbocycles. The van der Waals surface area contributed by atoms with Crippen molar-refractivity contribution >= 4 is 11.7 Å². The summed E-state index contributed by atoms with van der Waals surface area (Å²) in [5.74, 6) is -0.757. The maximum absolute atomic E-state index is 10.7. The number of aliphatic carboxylic acids is 1. The van der Waals surface area contributed by atoms with Gasteiger partial charge in [-0.05, 0) is 31.0 Å². The number of rotatable bonds is 6. The lowest BCUT2D eigenvalue weighted by atomic mass is 10.1. The van der Waals surface area contributed by atoms with Crippen LogP contribution in [0, 0.1) is 0 Å². The van der Waals surface area contributed by atoms with Crippen LogP contribution >= 0.6 is 0 Å². The van der Waals surface area contributed by atoms with E-state index in [2.05, 4.69) is 31.2 Å². The van der Waals surface area contributed by atoms with Crippen LogP contribution in [0.5, 0.6) is 0 Å². The summed E-state index contributed by atoms with van der Waals surface area (Å²) in [4.78, 5) is 12.7. The zero-order valence-electron chi connectivity index (χ0n) is 10.8. The van der Waals surface area contributed by atoms with Crippen molar-refractivity contribution < 1.29 is 9.90 Å². The third-order valence-corrected chi connectivity index (χ3v) is 3.01. The van der Waals surface area contributed by atoms with Crippen molar-refractivity contribution in [2.24, 2.45) is 0 Å². The van der Waals surface area contributed by atoms with E-state index in [1.165, 1.54) is 5.56 Å². The molecule has 17 heavy (non-hydrogen) atoms. The summed E-state index contributed by atoms with van der Waals surface area (Å²) in [6, 6.07) is 8.35. The van der Waals surface area contributed by atoms with Gasteiger partial charge in [-0.2, -0.15) is 0 Å². The Hall–Kier alpha value is -1.51. The van der Waals surface area contributed by atoms with Crippen molar-refractivity contribution in [2.45, 2.75) is 39.2 Å². The lowest BCUT2D eigenvalue weighted by Crippen LogP contribution is -2.30. The summed E-state index contributed by atoms with van der Waals surface area (Å²) in [6.45, 7) is 4.09. The second-order valence-corrected chi connectivity index (χ2v) is 4.47. The molecule has 1 unspecified atom stereocenters. The van der Waals surface area contributed by atoms with Crippen LogP contribution in [-0.2, 0) is 11.2 Å². The Kier molecular flexibility index (Phi) is 5.01. The zero-order valence-corrected chi connectivity index (χ0v) is 10.8. The first kappa shape index (κ1) is 13.6. The SMILES string of the molecule is CCCc1ccc(N(C)C(C)CC(=O)O)cc1. The highest BCUT2D eigenvalue weighted by Crippen LogP contribution is 2.18. The maximum Gasteiger partial charge on any atom is 0.305 e. The normalized spacial score (nSPS) is 12.2. The molecule has 0 aromatic heterocycles. The fourth-order valence-electron chi connectivity index (χ4n) is 1.83. The molecule has 0 fully saturated rings. The van der Waals surface area contributed by atoms with Crippen LogP contribution in [0.3, 0.4) is 0 Å². The summed E-state index contributed by atoms with van der Waals surface area (Å²) in [5.41, 5.74) is 2.40. The van der Waals surface area contributed by atoms with E-state index in [-0.39, 0.29) is 12.5 Å². The second-order valence-electron chi connectivity index (χ2n) is 4.47. The number of hydrogen-bond acceptors (Lipinski definition) is 2. The van der Waals surface area contributed by atoms with E-state index in [1.807, 2.05) is 18.9 Å². The van der Waals surface area contributed by atoms with Crippen molar-refractivity contribution in [3.8, 4) is 0 Å². The van der Waals surface area contributed by atoms with Crippen LogP contribution in [-0.4, -0.2) is 24.2 Å². The molecule has 0 aliphatic carbocycles. The lowest BCUT2D eigenvalue weighted by Gasteiger charge is -2.26. The summed E-state index contributed by atoms with van der Waals surface area (Å²) >= 11 is 0. The molecule has 0 saturated carbocycles. The lowest BCUT2D eigenvalue weighted by molar-refractivity contribution is -0.137. The van der Waals surface area contributed by atoms with Crippen molar-refractivity contribution in [1.29, 1.82) is 0 Å². The number of carboxylic acids is 1. The molecule has 3 heteroatoms. The quantitative estimate of drug-likeness (QED) is 0.824. The molecule has 1 rings (SSSR count). The number of anilines is 1. The highest BCUT2D eigenvalue weighted by Gasteiger charge is 2.13. The van der Waals surface area contributed by atoms with Crippen LogP contribution in [0.2, 0.25) is 0 Å². The van der Waals surface area contributed by atoms with Gasteiger partial charge in [-0.1, -0.05) is 25.5 Å². The molecular weight excluding hydrogens is 214 g/mol. The Balaban J connectivity index is 2.68. The zero-order chi connectivity index (χ0) is 12.8. The van der Waals surface area contributed by atoms with Gasteiger partial charge in [0.05, 0.1) is 6.42 Å². The van der Waals surface area contributed by atoms with E-state index < -0.39 is 5.97 Å². The minimum absolute atomic E-state index is 0.00419. The summed E-state index contributed by atoms with van der Waals surface area (Å²) in [6.07, 6.45) is 2.40. The molecule has 0 radical (unpaired) electrons. The monoisotopic (exact) mass is 235 g/mol. The van der Waals surface area contributed by atoms with Gasteiger partial charge in [0.25, 0.3) is 0 Å². The van der Waals surface area contributed by atoms with Gasteiger partial charge in [0, 0.05) is 18.8 Å². The molecule has 0 saturated heterocycles. The fourth-order valence-corrected chi connectivity index (χ4v) is 1.83. The van der Waals surface area contributed by atoms with Gasteiger partial charge in [-0.15, -0.1) is 0 Å². The van der Waals surface area contributed by atoms with Crippen LogP contribution in [0.1, 0.15) is 32.3 Å². The Bertz CT molecular complexity index is 359. The van der Waals surface area contributed by atoms with Crippen LogP contribution in [0.4, 0.5) is 5.69 Å². The topological polar surface area (TPSA) is 40.5 Å². The van der Waals surface area contributed by atoms with Gasteiger partial charge >= 0.3 is 5.97 Å². The van der Waals surface area contributed by atoms with E-state index >= 15 is 0 Å². The Labute approximate surface area is 103 Å². The average Bonchev–Trinajstić information content (AvgIpc) is 2.28. The molecule has 0 spiro atoms. The molecule has 1 atom stereocenters. The summed E-state index contributed by atoms with van der Waals surface area (Å²) in [7, 11) is 1.93. The van der Waals surface area contributed by atoms with Gasteiger partial charge in [0.15, 0.2) is 0 Å². The Morgan fingerprint density at radius 1 is 1.35 bits per heavy atom. The number of carbonyl (C=O) groups is 1. The molecule has 0 amide bonds. The van der Waals surface area contributed by atoms with Gasteiger partial charge in [-0.3, -0.25) is 4.79 Å². The number of benzene rings is 1. The van der Waals surface area contributed by atoms with E-state index in [0.717, 1.165) is 18.5 Å². The van der Waals surface area contributed by atoms with Crippen LogP contribution in [0.15, 0.2) is 24.3 Å². The van der Waals surface area contributed by atoms with Crippen LogP contribution in [0.25, 0.3) is 0 Å². The molecule has 0 aliphatic heterocycles. The predicted octanol–water partition coefficient (Wildman–Crippen LogP) is 2.94. The molecule has 3 nitrogen and oxygen atoms in total. The van der Waals surface area contributed by atoms with Crippen molar-refractivity contribution in [3.05, 3.63) is 29.8 Å². The van der Waals surface area contributed by atoms with Crippen molar-refractivity contribution in [2.75, 3.05) is 11.9 Å². The molecule has 94 valence electrons. The van der Waals surface area contributed by atoms with E-state index in [0.29, 0.717) is 0 Å². The molecule has 0 heterocycles. The Morgan fingerprint density at radius 2 is 1.94 bits per heavy atom. The van der Waals surface area contributed by atoms with Gasteiger partial charge in [-0.25, -0.2) is 0 Å². The highest BCUT2D eigenvalue weighted by molar-refractivity contribution is 5.68. The van der Waals surface area contributed by atoms with E-state index in [1.54, 1.807) is 0 Å². The first-order chi connectivity index (χ1) is 8.04. The summed E-state index contributed by atoms with van der Waals surface area (Å²) < 4.78 is 0. The molecular formula is C14H21NO2. The third kappa shape index (κ3) is 4.10. The molecule has 1 aromatic rings. The van der Waals surface area contributed by atoms with Gasteiger partial charge in [0.2, 0.25) is 0 Å². The fraction of sp³-hybridized carbons (Fsp3) is 0.500. The van der Waals surface area contributed by atoms with Crippen LogP contribution < -0.4 is 4.90 Å². The largest absolute Gasteiger partial charge is 0.481 e. The van der Waals surface area contributed by atoms with Gasteiger partial charge in [0.1, 0.15) is 0 Å². The van der Waals surface area contributed by atoms with Crippen molar-refractivity contribution in [3.63, 3.8) is 0 Å². The number of carboxylic acid groups (broad SMARTS) is 1. The van der Waals surface area contributed by atoms with E-state index in [9.17, 15) is 4.79 Å². The first-order valence-electron chi connectivity index (χ1n) is 6.08. The summed E-state index contributed by atoms with van der Waals surface area (Å²) in [5, 5.41) is 8.77. The standard InChI is InChI=1S/C14H21NO2/c1-4-5-12-6-8-13(9-7-12)15(3)11(2)10-14(16)17/h6-9,11H,4-5,10H2,1-3H3,(H,16,17). The number of nitrogens with zero attached hydrogens (tertiary/aromatic N) is 1. The molecule has 0 bridgehead atoms. The number of hydrogen-bond donors (Lipinski definition) is 1. The first-order valence-corrected chi connectivity index (χ1v) is 6.08. The Morgan fingerprint density at radius 3 is 2.41 bits per heavy atom. The second kappa shape index (κ2) is 6.28. The van der Waals surface area contributed by atoms with Crippen molar-refractivity contribution in [1.82, 2.24) is 0 Å². The minimum atomic E-state index is -0.757. The minimum Gasteiger partial charge on any atom is -0.481 e. The highest BCUT2D eigenvalue weighted by atomic mass is 16.4. The predicted molar refractivity (Wildman–Crippen MR) is 70.6 cm³/mol. The third-order valence-electron chi connectivity index (χ3n) is 3.01. The molecule has 1 N–H and O–H groups in total. The van der Waals surface area contributed by atoms with Gasteiger partial charge < -0.3 is 10.0 Å².